The smallest absolute Gasteiger partial charge is 0.245 e. The maximum Gasteiger partial charge on any atom is 0.245 e. The van der Waals surface area contributed by atoms with Gasteiger partial charge in [0.15, 0.2) is 11.0 Å². The van der Waals surface area contributed by atoms with Crippen molar-refractivity contribution in [1.82, 2.24) is 10.2 Å². The van der Waals surface area contributed by atoms with Gasteiger partial charge in [0.2, 0.25) is 5.91 Å². The number of rotatable bonds is 2. The topological polar surface area (TPSA) is 80.9 Å². The number of aromatic nitrogens is 2. The van der Waals surface area contributed by atoms with Gasteiger partial charge in [-0.3, -0.25) is 4.79 Å². The van der Waals surface area contributed by atoms with E-state index in [9.17, 15) is 4.79 Å². The van der Waals surface area contributed by atoms with E-state index in [-0.39, 0.29) is 5.91 Å². The largest absolute Gasteiger partial charge is 0.317 e. The fourth-order valence-corrected chi connectivity index (χ4v) is 1.96. The Hall–Kier alpha value is -1.20. The average molecular weight is 241 g/mol. The van der Waals surface area contributed by atoms with E-state index in [1.54, 1.807) is 12.1 Å². The second kappa shape index (κ2) is 4.35. The van der Waals surface area contributed by atoms with Crippen molar-refractivity contribution in [2.24, 2.45) is 5.73 Å². The number of nitrogens with two attached hydrogens (primary N) is 1. The van der Waals surface area contributed by atoms with Crippen LogP contribution in [-0.2, 0) is 4.79 Å². The van der Waals surface area contributed by atoms with Gasteiger partial charge in [-0.15, -0.1) is 10.2 Å². The highest BCUT2D eigenvalue weighted by atomic mass is 35.5. The highest BCUT2D eigenvalue weighted by Gasteiger charge is 2.37. The summed E-state index contributed by atoms with van der Waals surface area (Å²) >= 11 is 5.59. The zero-order chi connectivity index (χ0) is 11.6. The summed E-state index contributed by atoms with van der Waals surface area (Å²) in [6.45, 7) is 0. The molecule has 1 aromatic rings. The molecule has 1 aliphatic carbocycles. The third-order valence-corrected chi connectivity index (χ3v) is 3.02. The molecule has 0 radical (unpaired) electrons. The minimum Gasteiger partial charge on any atom is -0.317 e. The normalized spacial score (nSPS) is 18.4. The standard InChI is InChI=1S/C10H13ClN4O/c11-7-3-4-8(15-14-7)13-9(16)10(12)5-1-2-6-10/h3-4H,1-2,5-6,12H2,(H,13,15,16). The zero-order valence-corrected chi connectivity index (χ0v) is 9.50. The first-order valence-corrected chi connectivity index (χ1v) is 5.57. The molecule has 2 rings (SSSR count). The van der Waals surface area contributed by atoms with Gasteiger partial charge < -0.3 is 11.1 Å². The first-order chi connectivity index (χ1) is 7.60. The Kier molecular flexibility index (Phi) is 3.07. The van der Waals surface area contributed by atoms with Crippen LogP contribution in [0.25, 0.3) is 0 Å². The number of amides is 1. The molecule has 0 unspecified atom stereocenters. The number of nitrogens with one attached hydrogen (secondary N) is 1. The van der Waals surface area contributed by atoms with Crippen LogP contribution in [0, 0.1) is 0 Å². The third-order valence-electron chi connectivity index (χ3n) is 2.82. The molecule has 6 heteroatoms. The molecular formula is C10H13ClN4O. The molecule has 0 atom stereocenters. The van der Waals surface area contributed by atoms with Crippen molar-refractivity contribution in [2.75, 3.05) is 5.32 Å². The number of anilines is 1. The second-order valence-corrected chi connectivity index (χ2v) is 4.45. The maximum absolute atomic E-state index is 11.9. The van der Waals surface area contributed by atoms with Crippen LogP contribution >= 0.6 is 11.6 Å². The minimum absolute atomic E-state index is 0.193. The molecule has 16 heavy (non-hydrogen) atoms. The summed E-state index contributed by atoms with van der Waals surface area (Å²) in [5.74, 6) is 0.188. The SMILES string of the molecule is NC1(C(=O)Nc2ccc(Cl)nn2)CCCC1. The van der Waals surface area contributed by atoms with Crippen LogP contribution in [0.5, 0.6) is 0 Å². The molecule has 0 aliphatic heterocycles. The molecule has 1 fully saturated rings. The van der Waals surface area contributed by atoms with Gasteiger partial charge in [0.25, 0.3) is 0 Å². The molecule has 0 bridgehead atoms. The molecule has 86 valence electrons. The molecule has 1 aromatic heterocycles. The second-order valence-electron chi connectivity index (χ2n) is 4.06. The zero-order valence-electron chi connectivity index (χ0n) is 8.74. The van der Waals surface area contributed by atoms with Crippen LogP contribution < -0.4 is 11.1 Å². The Morgan fingerprint density at radius 3 is 2.62 bits per heavy atom. The van der Waals surface area contributed by atoms with Crippen molar-refractivity contribution >= 4 is 23.3 Å². The molecule has 1 saturated carbocycles. The minimum atomic E-state index is -0.749. The van der Waals surface area contributed by atoms with Crippen LogP contribution in [0.4, 0.5) is 5.82 Å². The Labute approximate surface area is 98.4 Å². The van der Waals surface area contributed by atoms with Gasteiger partial charge in [0, 0.05) is 0 Å². The van der Waals surface area contributed by atoms with Crippen molar-refractivity contribution in [3.05, 3.63) is 17.3 Å². The van der Waals surface area contributed by atoms with Crippen molar-refractivity contribution in [3.63, 3.8) is 0 Å². The summed E-state index contributed by atoms with van der Waals surface area (Å²) in [6.07, 6.45) is 3.44. The van der Waals surface area contributed by atoms with Crippen LogP contribution in [0.15, 0.2) is 12.1 Å². The summed E-state index contributed by atoms with van der Waals surface area (Å²) in [6, 6.07) is 3.17. The van der Waals surface area contributed by atoms with Crippen LogP contribution in [0.2, 0.25) is 5.15 Å². The Morgan fingerprint density at radius 1 is 1.38 bits per heavy atom. The molecule has 1 heterocycles. The summed E-state index contributed by atoms with van der Waals surface area (Å²) in [7, 11) is 0. The van der Waals surface area contributed by atoms with E-state index < -0.39 is 5.54 Å². The van der Waals surface area contributed by atoms with Crippen LogP contribution in [-0.4, -0.2) is 21.6 Å². The number of halogens is 1. The Bertz CT molecular complexity index is 386. The van der Waals surface area contributed by atoms with Gasteiger partial charge in [0.1, 0.15) is 0 Å². The number of carbonyl (C=O) groups is 1. The third kappa shape index (κ3) is 2.31. The van der Waals surface area contributed by atoms with E-state index in [1.165, 1.54) is 0 Å². The van der Waals surface area contributed by atoms with Crippen LogP contribution in [0.3, 0.4) is 0 Å². The van der Waals surface area contributed by atoms with E-state index in [0.29, 0.717) is 11.0 Å². The lowest BCUT2D eigenvalue weighted by atomic mass is 9.98. The molecule has 0 aromatic carbocycles. The summed E-state index contributed by atoms with van der Waals surface area (Å²) in [5.41, 5.74) is 5.25. The van der Waals surface area contributed by atoms with Gasteiger partial charge in [-0.05, 0) is 25.0 Å². The number of nitrogens with zero attached hydrogens (tertiary/aromatic N) is 2. The summed E-state index contributed by atoms with van der Waals surface area (Å²) in [5, 5.41) is 10.3. The first kappa shape index (κ1) is 11.3. The molecule has 1 amide bonds. The molecule has 0 spiro atoms. The van der Waals surface area contributed by atoms with Gasteiger partial charge in [-0.1, -0.05) is 24.4 Å². The molecule has 3 N–H and O–H groups in total. The van der Waals surface area contributed by atoms with Crippen molar-refractivity contribution in [3.8, 4) is 0 Å². The van der Waals surface area contributed by atoms with Crippen molar-refractivity contribution in [2.45, 2.75) is 31.2 Å². The lowest BCUT2D eigenvalue weighted by Crippen LogP contribution is -2.48. The fourth-order valence-electron chi connectivity index (χ4n) is 1.86. The van der Waals surface area contributed by atoms with E-state index >= 15 is 0 Å². The molecule has 1 aliphatic rings. The molecule has 0 saturated heterocycles. The number of hydrogen-bond acceptors (Lipinski definition) is 4. The Balaban J connectivity index is 2.04. The van der Waals surface area contributed by atoms with Gasteiger partial charge >= 0.3 is 0 Å². The van der Waals surface area contributed by atoms with E-state index in [4.69, 9.17) is 17.3 Å². The van der Waals surface area contributed by atoms with Gasteiger partial charge in [-0.25, -0.2) is 0 Å². The van der Waals surface area contributed by atoms with Crippen molar-refractivity contribution < 1.29 is 4.79 Å². The lowest BCUT2D eigenvalue weighted by Gasteiger charge is -2.21. The number of carbonyl (C=O) groups excluding carboxylic acids is 1. The first-order valence-electron chi connectivity index (χ1n) is 5.20. The monoisotopic (exact) mass is 240 g/mol. The predicted molar refractivity (Wildman–Crippen MR) is 61.1 cm³/mol. The van der Waals surface area contributed by atoms with E-state index in [1.807, 2.05) is 0 Å². The highest BCUT2D eigenvalue weighted by molar-refractivity contribution is 6.29. The average Bonchev–Trinajstić information content (AvgIpc) is 2.70. The maximum atomic E-state index is 11.9. The summed E-state index contributed by atoms with van der Waals surface area (Å²) < 4.78 is 0. The number of hydrogen-bond donors (Lipinski definition) is 2. The van der Waals surface area contributed by atoms with Gasteiger partial charge in [0.05, 0.1) is 5.54 Å². The highest BCUT2D eigenvalue weighted by Crippen LogP contribution is 2.28. The fraction of sp³-hybridized carbons (Fsp3) is 0.500. The quantitative estimate of drug-likeness (QED) is 0.818. The molecular weight excluding hydrogens is 228 g/mol. The van der Waals surface area contributed by atoms with Gasteiger partial charge in [-0.2, -0.15) is 0 Å². The molecule has 5 nitrogen and oxygen atoms in total. The lowest BCUT2D eigenvalue weighted by molar-refractivity contribution is -0.121. The summed E-state index contributed by atoms with van der Waals surface area (Å²) in [4.78, 5) is 11.9. The van der Waals surface area contributed by atoms with Crippen LogP contribution in [0.1, 0.15) is 25.7 Å². The predicted octanol–water partition coefficient (Wildman–Crippen LogP) is 1.34. The van der Waals surface area contributed by atoms with E-state index in [2.05, 4.69) is 15.5 Å². The Morgan fingerprint density at radius 2 is 2.06 bits per heavy atom. The van der Waals surface area contributed by atoms with E-state index in [0.717, 1.165) is 25.7 Å². The van der Waals surface area contributed by atoms with Crippen molar-refractivity contribution in [1.29, 1.82) is 0 Å².